The number of furan rings is 1. The van der Waals surface area contributed by atoms with Crippen LogP contribution in [0.25, 0.3) is 11.1 Å². The number of fused-ring (bicyclic) bond motifs is 1. The number of hydrogen-bond donors (Lipinski definition) is 1. The smallest absolute Gasteiger partial charge is 0.248 e. The van der Waals surface area contributed by atoms with E-state index in [1.165, 1.54) is 12.3 Å². The number of carbonyl (C=O) groups is 1. The van der Waals surface area contributed by atoms with Gasteiger partial charge in [-0.25, -0.2) is 4.98 Å². The van der Waals surface area contributed by atoms with Crippen LogP contribution in [-0.2, 0) is 4.79 Å². The fourth-order valence-electron chi connectivity index (χ4n) is 1.23. The molecule has 76 valence electrons. The fourth-order valence-corrected chi connectivity index (χ4v) is 1.23. The third-order valence-corrected chi connectivity index (χ3v) is 1.86. The summed E-state index contributed by atoms with van der Waals surface area (Å²) in [6.07, 6.45) is 2.69. The van der Waals surface area contributed by atoms with Crippen molar-refractivity contribution in [3.63, 3.8) is 0 Å². The highest BCUT2D eigenvalue weighted by molar-refractivity contribution is 6.03. The summed E-state index contributed by atoms with van der Waals surface area (Å²) in [5.41, 5.74) is 0.460. The molecular formula is C10H9N3O2. The number of aromatic nitrogens is 2. The van der Waals surface area contributed by atoms with Crippen molar-refractivity contribution < 1.29 is 9.21 Å². The summed E-state index contributed by atoms with van der Waals surface area (Å²) in [5, 5.41) is 3.27. The molecule has 0 aliphatic heterocycles. The topological polar surface area (TPSA) is 68.0 Å². The first-order valence-corrected chi connectivity index (χ1v) is 4.36. The molecule has 5 heteroatoms. The number of nitrogens with zero attached hydrogens (tertiary/aromatic N) is 2. The Morgan fingerprint density at radius 3 is 3.13 bits per heavy atom. The molecule has 0 aromatic carbocycles. The Labute approximate surface area is 85.8 Å². The Morgan fingerprint density at radius 2 is 2.40 bits per heavy atom. The zero-order valence-corrected chi connectivity index (χ0v) is 8.15. The van der Waals surface area contributed by atoms with Gasteiger partial charge in [0.05, 0.1) is 11.6 Å². The van der Waals surface area contributed by atoms with E-state index < -0.39 is 0 Å². The molecule has 0 fully saturated rings. The predicted molar refractivity (Wildman–Crippen MR) is 55.4 cm³/mol. The fraction of sp³-hybridized carbons (Fsp3) is 0.100. The molecule has 0 radical (unpaired) electrons. The standard InChI is InChI=1S/C10H9N3O2/c1-3-8(14)13-9-7-4-5-15-10(7)12-6(2)11-9/h3-5H,1H2,2H3,(H,11,12,13,14). The van der Waals surface area contributed by atoms with Crippen LogP contribution < -0.4 is 5.32 Å². The summed E-state index contributed by atoms with van der Waals surface area (Å²) < 4.78 is 5.13. The van der Waals surface area contributed by atoms with Gasteiger partial charge in [-0.2, -0.15) is 4.98 Å². The quantitative estimate of drug-likeness (QED) is 0.753. The Hall–Kier alpha value is -2.17. The third-order valence-electron chi connectivity index (χ3n) is 1.86. The number of rotatable bonds is 2. The molecule has 2 aromatic heterocycles. The van der Waals surface area contributed by atoms with Gasteiger partial charge in [0.25, 0.3) is 0 Å². The molecule has 0 unspecified atom stereocenters. The third kappa shape index (κ3) is 1.71. The molecule has 5 nitrogen and oxygen atoms in total. The average molecular weight is 203 g/mol. The van der Waals surface area contributed by atoms with Crippen LogP contribution in [0.15, 0.2) is 29.4 Å². The van der Waals surface area contributed by atoms with E-state index in [-0.39, 0.29) is 5.91 Å². The van der Waals surface area contributed by atoms with Gasteiger partial charge >= 0.3 is 0 Å². The van der Waals surface area contributed by atoms with Gasteiger partial charge in [-0.1, -0.05) is 6.58 Å². The highest BCUT2D eigenvalue weighted by Crippen LogP contribution is 2.20. The van der Waals surface area contributed by atoms with Crippen LogP contribution in [0, 0.1) is 6.92 Å². The Kier molecular flexibility index (Phi) is 2.21. The van der Waals surface area contributed by atoms with Crippen molar-refractivity contribution in [2.75, 3.05) is 5.32 Å². The molecular weight excluding hydrogens is 194 g/mol. The summed E-state index contributed by atoms with van der Waals surface area (Å²) in [5.74, 6) is 0.670. The molecule has 2 heterocycles. The summed E-state index contributed by atoms with van der Waals surface area (Å²) in [6.45, 7) is 5.10. The normalized spacial score (nSPS) is 10.2. The lowest BCUT2D eigenvalue weighted by molar-refractivity contribution is -0.111. The van der Waals surface area contributed by atoms with Gasteiger partial charge < -0.3 is 9.73 Å². The Morgan fingerprint density at radius 1 is 1.60 bits per heavy atom. The van der Waals surface area contributed by atoms with E-state index >= 15 is 0 Å². The van der Waals surface area contributed by atoms with Crippen molar-refractivity contribution in [3.05, 3.63) is 30.8 Å². The van der Waals surface area contributed by atoms with Gasteiger partial charge in [0, 0.05) is 0 Å². The van der Waals surface area contributed by atoms with E-state index in [1.807, 2.05) is 0 Å². The monoisotopic (exact) mass is 203 g/mol. The van der Waals surface area contributed by atoms with Gasteiger partial charge in [0.1, 0.15) is 11.6 Å². The zero-order chi connectivity index (χ0) is 10.8. The maximum Gasteiger partial charge on any atom is 0.248 e. The first-order valence-electron chi connectivity index (χ1n) is 4.36. The minimum absolute atomic E-state index is 0.310. The van der Waals surface area contributed by atoms with E-state index in [9.17, 15) is 4.79 Å². The first-order chi connectivity index (χ1) is 7.20. The molecule has 15 heavy (non-hydrogen) atoms. The summed E-state index contributed by atoms with van der Waals surface area (Å²) in [6, 6.07) is 1.70. The van der Waals surface area contributed by atoms with E-state index in [4.69, 9.17) is 4.42 Å². The molecule has 0 aliphatic carbocycles. The van der Waals surface area contributed by atoms with E-state index in [1.54, 1.807) is 13.0 Å². The lowest BCUT2D eigenvalue weighted by Crippen LogP contribution is -2.10. The minimum atomic E-state index is -0.310. The number of nitrogens with one attached hydrogen (secondary N) is 1. The average Bonchev–Trinajstić information content (AvgIpc) is 2.65. The minimum Gasteiger partial charge on any atom is -0.446 e. The van der Waals surface area contributed by atoms with Crippen LogP contribution in [0.5, 0.6) is 0 Å². The molecule has 2 rings (SSSR count). The first kappa shape index (κ1) is 9.39. The summed E-state index contributed by atoms with van der Waals surface area (Å²) in [7, 11) is 0. The van der Waals surface area contributed by atoms with Crippen LogP contribution >= 0.6 is 0 Å². The van der Waals surface area contributed by atoms with Gasteiger partial charge in [0.15, 0.2) is 0 Å². The van der Waals surface area contributed by atoms with Crippen LogP contribution in [0.2, 0.25) is 0 Å². The molecule has 0 spiro atoms. The Bertz CT molecular complexity index is 530. The second-order valence-corrected chi connectivity index (χ2v) is 2.95. The van der Waals surface area contributed by atoms with Crippen LogP contribution in [0.1, 0.15) is 5.82 Å². The summed E-state index contributed by atoms with van der Waals surface area (Å²) >= 11 is 0. The lowest BCUT2D eigenvalue weighted by atomic mass is 10.3. The largest absolute Gasteiger partial charge is 0.446 e. The van der Waals surface area contributed by atoms with E-state index in [0.717, 1.165) is 0 Å². The maximum absolute atomic E-state index is 11.1. The van der Waals surface area contributed by atoms with E-state index in [0.29, 0.717) is 22.7 Å². The summed E-state index contributed by atoms with van der Waals surface area (Å²) in [4.78, 5) is 19.3. The van der Waals surface area contributed by atoms with Gasteiger partial charge in [-0.3, -0.25) is 4.79 Å². The number of carbonyl (C=O) groups excluding carboxylic acids is 1. The van der Waals surface area contributed by atoms with E-state index in [2.05, 4.69) is 21.9 Å². The molecule has 0 atom stereocenters. The van der Waals surface area contributed by atoms with Crippen LogP contribution in [-0.4, -0.2) is 15.9 Å². The molecule has 1 amide bonds. The number of amides is 1. The highest BCUT2D eigenvalue weighted by Gasteiger charge is 2.09. The van der Waals surface area contributed by atoms with Crippen molar-refractivity contribution in [2.24, 2.45) is 0 Å². The molecule has 0 saturated heterocycles. The number of hydrogen-bond acceptors (Lipinski definition) is 4. The van der Waals surface area contributed by atoms with Crippen molar-refractivity contribution in [1.82, 2.24) is 9.97 Å². The Balaban J connectivity index is 2.53. The van der Waals surface area contributed by atoms with Crippen molar-refractivity contribution in [1.29, 1.82) is 0 Å². The lowest BCUT2D eigenvalue weighted by Gasteiger charge is -2.02. The van der Waals surface area contributed by atoms with Gasteiger partial charge in [-0.05, 0) is 19.1 Å². The van der Waals surface area contributed by atoms with Gasteiger partial charge in [-0.15, -0.1) is 0 Å². The number of aryl methyl sites for hydroxylation is 1. The van der Waals surface area contributed by atoms with Crippen LogP contribution in [0.4, 0.5) is 5.82 Å². The maximum atomic E-state index is 11.1. The zero-order valence-electron chi connectivity index (χ0n) is 8.15. The van der Waals surface area contributed by atoms with Crippen LogP contribution in [0.3, 0.4) is 0 Å². The van der Waals surface area contributed by atoms with Crippen molar-refractivity contribution >= 4 is 22.8 Å². The predicted octanol–water partition coefficient (Wildman–Crippen LogP) is 1.66. The highest BCUT2D eigenvalue weighted by atomic mass is 16.3. The second kappa shape index (κ2) is 3.53. The van der Waals surface area contributed by atoms with Gasteiger partial charge in [0.2, 0.25) is 11.6 Å². The molecule has 0 bridgehead atoms. The molecule has 1 N–H and O–H groups in total. The van der Waals surface area contributed by atoms with Crippen molar-refractivity contribution in [3.8, 4) is 0 Å². The molecule has 2 aromatic rings. The van der Waals surface area contributed by atoms with Crippen molar-refractivity contribution in [2.45, 2.75) is 6.92 Å². The molecule has 0 aliphatic rings. The SMILES string of the molecule is C=CC(=O)Nc1nc(C)nc2occc12. The molecule has 0 saturated carbocycles. The number of anilines is 1. The second-order valence-electron chi connectivity index (χ2n) is 2.95.